The number of piperidine rings is 1. The molecule has 2 unspecified atom stereocenters. The summed E-state index contributed by atoms with van der Waals surface area (Å²) in [6.07, 6.45) is 7.04. The van der Waals surface area contributed by atoms with Gasteiger partial charge in [-0.25, -0.2) is 4.99 Å². The predicted octanol–water partition coefficient (Wildman–Crippen LogP) is -0.195. The van der Waals surface area contributed by atoms with Crippen molar-refractivity contribution >= 4 is 5.96 Å². The van der Waals surface area contributed by atoms with Crippen molar-refractivity contribution in [3.05, 3.63) is 12.3 Å². The Balaban J connectivity index is 1.97. The van der Waals surface area contributed by atoms with E-state index in [-0.39, 0.29) is 0 Å². The van der Waals surface area contributed by atoms with Crippen LogP contribution in [-0.2, 0) is 0 Å². The molecule has 2 aliphatic rings. The Morgan fingerprint density at radius 3 is 3.19 bits per heavy atom. The van der Waals surface area contributed by atoms with E-state index in [2.05, 4.69) is 22.3 Å². The summed E-state index contributed by atoms with van der Waals surface area (Å²) in [6.45, 7) is 2.30. The molecule has 0 saturated carbocycles. The smallest absolute Gasteiger partial charge is 0.194 e. The van der Waals surface area contributed by atoms with E-state index < -0.39 is 5.66 Å². The van der Waals surface area contributed by atoms with Crippen LogP contribution in [0.2, 0.25) is 0 Å². The fourth-order valence-electron chi connectivity index (χ4n) is 2.58. The third kappa shape index (κ3) is 2.74. The maximum Gasteiger partial charge on any atom is 0.194 e. The molecule has 0 aromatic carbocycles. The standard InChI is InChI=1S/C11H21N5/c1-16-6-2-3-9(8-16)7-11(13)4-5-14-10(12)15-11/h4-5,9H,2-3,6-8,13H2,1H3,(H3,12,14,15). The fourth-order valence-corrected chi connectivity index (χ4v) is 2.58. The number of rotatable bonds is 2. The first-order valence-electron chi connectivity index (χ1n) is 5.84. The van der Waals surface area contributed by atoms with Crippen molar-refractivity contribution in [2.45, 2.75) is 24.9 Å². The molecule has 0 aromatic heterocycles. The summed E-state index contributed by atoms with van der Waals surface area (Å²) in [6, 6.07) is 0. The number of hydrogen-bond donors (Lipinski definition) is 3. The molecule has 5 nitrogen and oxygen atoms in total. The zero-order valence-corrected chi connectivity index (χ0v) is 9.82. The van der Waals surface area contributed by atoms with Crippen LogP contribution in [0.4, 0.5) is 0 Å². The van der Waals surface area contributed by atoms with Crippen LogP contribution in [-0.4, -0.2) is 36.7 Å². The van der Waals surface area contributed by atoms with Crippen molar-refractivity contribution in [1.82, 2.24) is 10.2 Å². The first-order chi connectivity index (χ1) is 7.57. The molecule has 2 heterocycles. The van der Waals surface area contributed by atoms with Gasteiger partial charge in [0.05, 0.1) is 0 Å². The first-order valence-corrected chi connectivity index (χ1v) is 5.84. The monoisotopic (exact) mass is 223 g/mol. The zero-order chi connectivity index (χ0) is 11.6. The number of nitrogens with two attached hydrogens (primary N) is 2. The normalized spacial score (nSPS) is 35.6. The lowest BCUT2D eigenvalue weighted by Crippen LogP contribution is -2.47. The number of guanidine groups is 1. The molecule has 2 rings (SSSR count). The van der Waals surface area contributed by atoms with Gasteiger partial charge in [-0.3, -0.25) is 0 Å². The van der Waals surface area contributed by atoms with Crippen molar-refractivity contribution in [3.63, 3.8) is 0 Å². The minimum atomic E-state index is -0.613. The summed E-state index contributed by atoms with van der Waals surface area (Å²) in [5.74, 6) is 1.03. The Hall–Kier alpha value is -1.07. The van der Waals surface area contributed by atoms with Crippen LogP contribution in [0.3, 0.4) is 0 Å². The van der Waals surface area contributed by atoms with Gasteiger partial charge in [0.1, 0.15) is 5.66 Å². The second kappa shape index (κ2) is 4.43. The molecule has 5 N–H and O–H groups in total. The van der Waals surface area contributed by atoms with Crippen molar-refractivity contribution in [3.8, 4) is 0 Å². The minimum Gasteiger partial charge on any atom is -0.370 e. The van der Waals surface area contributed by atoms with Gasteiger partial charge in [-0.05, 0) is 44.8 Å². The molecule has 0 aromatic rings. The molecule has 5 heteroatoms. The van der Waals surface area contributed by atoms with Crippen LogP contribution in [0.15, 0.2) is 17.3 Å². The lowest BCUT2D eigenvalue weighted by Gasteiger charge is -2.34. The minimum absolute atomic E-state index is 0.411. The highest BCUT2D eigenvalue weighted by Gasteiger charge is 2.29. The third-order valence-electron chi connectivity index (χ3n) is 3.27. The maximum absolute atomic E-state index is 6.21. The average Bonchev–Trinajstić information content (AvgIpc) is 2.16. The van der Waals surface area contributed by atoms with Crippen LogP contribution >= 0.6 is 0 Å². The zero-order valence-electron chi connectivity index (χ0n) is 9.82. The van der Waals surface area contributed by atoms with Crippen molar-refractivity contribution in [2.24, 2.45) is 22.4 Å². The van der Waals surface area contributed by atoms with Gasteiger partial charge in [-0.1, -0.05) is 0 Å². The number of nitrogens with zero attached hydrogens (tertiary/aromatic N) is 2. The van der Waals surface area contributed by atoms with Crippen LogP contribution in [0.1, 0.15) is 19.3 Å². The van der Waals surface area contributed by atoms with E-state index >= 15 is 0 Å². The molecule has 0 bridgehead atoms. The quantitative estimate of drug-likeness (QED) is 0.606. The molecule has 2 atom stereocenters. The first kappa shape index (κ1) is 11.4. The maximum atomic E-state index is 6.21. The summed E-state index contributed by atoms with van der Waals surface area (Å²) in [7, 11) is 2.16. The predicted molar refractivity (Wildman–Crippen MR) is 65.7 cm³/mol. The van der Waals surface area contributed by atoms with Crippen molar-refractivity contribution in [1.29, 1.82) is 0 Å². The lowest BCUT2D eigenvalue weighted by molar-refractivity contribution is 0.185. The molecule has 1 fully saturated rings. The van der Waals surface area contributed by atoms with Gasteiger partial charge >= 0.3 is 0 Å². The van der Waals surface area contributed by atoms with Crippen molar-refractivity contribution in [2.75, 3.05) is 20.1 Å². The van der Waals surface area contributed by atoms with E-state index in [0.29, 0.717) is 11.9 Å². The van der Waals surface area contributed by atoms with Gasteiger partial charge < -0.3 is 21.7 Å². The lowest BCUT2D eigenvalue weighted by atomic mass is 9.88. The van der Waals surface area contributed by atoms with Crippen LogP contribution in [0.5, 0.6) is 0 Å². The van der Waals surface area contributed by atoms with E-state index in [4.69, 9.17) is 11.5 Å². The van der Waals surface area contributed by atoms with Gasteiger partial charge in [-0.2, -0.15) is 0 Å². The topological polar surface area (TPSA) is 79.7 Å². The third-order valence-corrected chi connectivity index (χ3v) is 3.27. The van der Waals surface area contributed by atoms with Crippen LogP contribution < -0.4 is 16.8 Å². The Bertz CT molecular complexity index is 311. The van der Waals surface area contributed by atoms with E-state index in [0.717, 1.165) is 13.0 Å². The molecule has 1 saturated heterocycles. The van der Waals surface area contributed by atoms with E-state index in [1.54, 1.807) is 6.20 Å². The Labute approximate surface area is 96.6 Å². The Kier molecular flexibility index (Phi) is 3.16. The summed E-state index contributed by atoms with van der Waals surface area (Å²) in [4.78, 5) is 6.65. The highest BCUT2D eigenvalue weighted by Crippen LogP contribution is 2.26. The summed E-state index contributed by atoms with van der Waals surface area (Å²) < 4.78 is 0. The van der Waals surface area contributed by atoms with E-state index in [9.17, 15) is 0 Å². The molecule has 0 radical (unpaired) electrons. The molecular weight excluding hydrogens is 202 g/mol. The Morgan fingerprint density at radius 1 is 1.69 bits per heavy atom. The second-order valence-electron chi connectivity index (χ2n) is 4.94. The number of aliphatic imine (C=N–C) groups is 1. The molecule has 0 spiro atoms. The van der Waals surface area contributed by atoms with Crippen molar-refractivity contribution < 1.29 is 0 Å². The summed E-state index contributed by atoms with van der Waals surface area (Å²) >= 11 is 0. The fraction of sp³-hybridized carbons (Fsp3) is 0.727. The highest BCUT2D eigenvalue weighted by atomic mass is 15.2. The van der Waals surface area contributed by atoms with E-state index in [1.807, 2.05) is 6.08 Å². The Morgan fingerprint density at radius 2 is 2.50 bits per heavy atom. The van der Waals surface area contributed by atoms with E-state index in [1.165, 1.54) is 19.4 Å². The molecule has 0 amide bonds. The van der Waals surface area contributed by atoms with Gasteiger partial charge in [-0.15, -0.1) is 0 Å². The second-order valence-corrected chi connectivity index (χ2v) is 4.94. The van der Waals surface area contributed by atoms with Gasteiger partial charge in [0, 0.05) is 12.7 Å². The average molecular weight is 223 g/mol. The SMILES string of the molecule is CN1CCCC(CC2(N)C=CNC(N)=N2)C1. The number of nitrogens with one attached hydrogen (secondary N) is 1. The number of hydrogen-bond acceptors (Lipinski definition) is 5. The van der Waals surface area contributed by atoms with Gasteiger partial charge in [0.2, 0.25) is 0 Å². The molecule has 2 aliphatic heterocycles. The largest absolute Gasteiger partial charge is 0.370 e. The molecule has 0 aliphatic carbocycles. The van der Waals surface area contributed by atoms with Crippen LogP contribution in [0.25, 0.3) is 0 Å². The summed E-state index contributed by atoms with van der Waals surface area (Å²) in [5, 5.41) is 2.84. The molecule has 90 valence electrons. The van der Waals surface area contributed by atoms with Gasteiger partial charge in [0.25, 0.3) is 0 Å². The highest BCUT2D eigenvalue weighted by molar-refractivity contribution is 5.80. The molecule has 16 heavy (non-hydrogen) atoms. The van der Waals surface area contributed by atoms with Crippen LogP contribution in [0, 0.1) is 5.92 Å². The number of likely N-dealkylation sites (tertiary alicyclic amines) is 1. The summed E-state index contributed by atoms with van der Waals surface area (Å²) in [5.41, 5.74) is 11.2. The van der Waals surface area contributed by atoms with Gasteiger partial charge in [0.15, 0.2) is 5.96 Å². The molecular formula is C11H21N5.